The molecule has 0 radical (unpaired) electrons. The molecule has 5 nitrogen and oxygen atoms in total. The average Bonchev–Trinajstić information content (AvgIpc) is 3.00. The number of H-pyrrole nitrogens is 1. The summed E-state index contributed by atoms with van der Waals surface area (Å²) in [6, 6.07) is 7.72. The van der Waals surface area contributed by atoms with E-state index in [1.165, 1.54) is 0 Å². The summed E-state index contributed by atoms with van der Waals surface area (Å²) >= 11 is 0. The minimum absolute atomic E-state index is 0.0739. The molecule has 0 saturated heterocycles. The molecule has 1 amide bonds. The standard InChI is InChI=1S/C17H22N4O/c1-3-21(4-2)17(22)13-7-5-6-12(10-13)16-19-14-8-9-18-11-15(14)20-16/h5-7,10,18H,3-4,8-9,11H2,1-2H3,(H,19,20). The number of aromatic nitrogens is 2. The number of aromatic amines is 1. The molecule has 22 heavy (non-hydrogen) atoms. The van der Waals surface area contributed by atoms with Crippen LogP contribution >= 0.6 is 0 Å². The first-order valence-corrected chi connectivity index (χ1v) is 7.91. The summed E-state index contributed by atoms with van der Waals surface area (Å²) in [5.74, 6) is 0.924. The lowest BCUT2D eigenvalue weighted by Gasteiger charge is -2.18. The summed E-state index contributed by atoms with van der Waals surface area (Å²) in [5.41, 5.74) is 3.97. The van der Waals surface area contributed by atoms with Crippen molar-refractivity contribution in [3.8, 4) is 11.4 Å². The van der Waals surface area contributed by atoms with Gasteiger partial charge in [0.15, 0.2) is 0 Å². The zero-order valence-electron chi connectivity index (χ0n) is 13.1. The molecule has 0 atom stereocenters. The third-order valence-corrected chi connectivity index (χ3v) is 4.14. The molecule has 0 saturated carbocycles. The van der Waals surface area contributed by atoms with Crippen molar-refractivity contribution in [2.45, 2.75) is 26.8 Å². The Morgan fingerprint density at radius 3 is 2.86 bits per heavy atom. The van der Waals surface area contributed by atoms with Crippen LogP contribution in [0, 0.1) is 0 Å². The molecule has 2 N–H and O–H groups in total. The molecule has 116 valence electrons. The summed E-state index contributed by atoms with van der Waals surface area (Å²) < 4.78 is 0. The van der Waals surface area contributed by atoms with E-state index in [-0.39, 0.29) is 5.91 Å². The first-order chi connectivity index (χ1) is 10.7. The highest BCUT2D eigenvalue weighted by atomic mass is 16.2. The number of nitrogens with zero attached hydrogens (tertiary/aromatic N) is 2. The van der Waals surface area contributed by atoms with E-state index in [0.717, 1.165) is 55.4 Å². The maximum absolute atomic E-state index is 12.5. The number of nitrogens with one attached hydrogen (secondary N) is 2. The fourth-order valence-corrected chi connectivity index (χ4v) is 2.85. The molecule has 1 aromatic carbocycles. The second-order valence-electron chi connectivity index (χ2n) is 5.50. The van der Waals surface area contributed by atoms with Gasteiger partial charge in [-0.2, -0.15) is 0 Å². The van der Waals surface area contributed by atoms with Crippen LogP contribution in [0.4, 0.5) is 0 Å². The van der Waals surface area contributed by atoms with E-state index in [9.17, 15) is 4.79 Å². The van der Waals surface area contributed by atoms with Gasteiger partial charge in [-0.1, -0.05) is 12.1 Å². The Labute approximate surface area is 130 Å². The van der Waals surface area contributed by atoms with Gasteiger partial charge in [0, 0.05) is 43.7 Å². The number of fused-ring (bicyclic) bond motifs is 1. The molecule has 1 aliphatic rings. The van der Waals surface area contributed by atoms with Crippen molar-refractivity contribution in [2.75, 3.05) is 19.6 Å². The van der Waals surface area contributed by atoms with Crippen LogP contribution in [0.1, 0.15) is 35.6 Å². The first-order valence-electron chi connectivity index (χ1n) is 7.91. The van der Waals surface area contributed by atoms with Gasteiger partial charge in [0.05, 0.1) is 11.4 Å². The lowest BCUT2D eigenvalue weighted by Crippen LogP contribution is -2.30. The quantitative estimate of drug-likeness (QED) is 0.909. The number of carbonyl (C=O) groups excluding carboxylic acids is 1. The van der Waals surface area contributed by atoms with Gasteiger partial charge in [0.1, 0.15) is 5.82 Å². The van der Waals surface area contributed by atoms with Crippen LogP contribution in [0.5, 0.6) is 0 Å². The summed E-state index contributed by atoms with van der Waals surface area (Å²) in [6.45, 7) is 7.25. The van der Waals surface area contributed by atoms with Crippen molar-refractivity contribution < 1.29 is 4.79 Å². The van der Waals surface area contributed by atoms with Crippen molar-refractivity contribution in [2.24, 2.45) is 0 Å². The topological polar surface area (TPSA) is 61.0 Å². The fourth-order valence-electron chi connectivity index (χ4n) is 2.85. The lowest BCUT2D eigenvalue weighted by molar-refractivity contribution is 0.0773. The van der Waals surface area contributed by atoms with E-state index in [4.69, 9.17) is 0 Å². The zero-order valence-corrected chi connectivity index (χ0v) is 13.1. The predicted molar refractivity (Wildman–Crippen MR) is 86.7 cm³/mol. The zero-order chi connectivity index (χ0) is 15.5. The van der Waals surface area contributed by atoms with Crippen LogP contribution < -0.4 is 5.32 Å². The fraction of sp³-hybridized carbons (Fsp3) is 0.412. The Morgan fingerprint density at radius 2 is 2.14 bits per heavy atom. The number of carbonyl (C=O) groups is 1. The van der Waals surface area contributed by atoms with Gasteiger partial charge in [-0.05, 0) is 26.0 Å². The molecule has 0 fully saturated rings. The van der Waals surface area contributed by atoms with E-state index >= 15 is 0 Å². The Kier molecular flexibility index (Phi) is 4.24. The van der Waals surface area contributed by atoms with Crippen molar-refractivity contribution in [3.63, 3.8) is 0 Å². The van der Waals surface area contributed by atoms with Crippen LogP contribution in [0.25, 0.3) is 11.4 Å². The van der Waals surface area contributed by atoms with Crippen molar-refractivity contribution in [1.82, 2.24) is 20.2 Å². The van der Waals surface area contributed by atoms with Crippen molar-refractivity contribution in [3.05, 3.63) is 41.2 Å². The van der Waals surface area contributed by atoms with Gasteiger partial charge in [-0.25, -0.2) is 4.98 Å². The minimum Gasteiger partial charge on any atom is -0.341 e. The second-order valence-corrected chi connectivity index (χ2v) is 5.50. The summed E-state index contributed by atoms with van der Waals surface area (Å²) in [6.07, 6.45) is 0.948. The number of amides is 1. The number of hydrogen-bond donors (Lipinski definition) is 2. The molecule has 0 aliphatic carbocycles. The van der Waals surface area contributed by atoms with Crippen LogP contribution in [-0.2, 0) is 13.0 Å². The van der Waals surface area contributed by atoms with Gasteiger partial charge >= 0.3 is 0 Å². The molecule has 2 heterocycles. The van der Waals surface area contributed by atoms with Crippen LogP contribution in [-0.4, -0.2) is 40.4 Å². The molecule has 1 aliphatic heterocycles. The molecule has 2 aromatic rings. The third-order valence-electron chi connectivity index (χ3n) is 4.14. The molecule has 3 rings (SSSR count). The second kappa shape index (κ2) is 6.32. The highest BCUT2D eigenvalue weighted by molar-refractivity contribution is 5.95. The number of hydrogen-bond acceptors (Lipinski definition) is 3. The van der Waals surface area contributed by atoms with E-state index < -0.39 is 0 Å². The van der Waals surface area contributed by atoms with Gasteiger partial charge in [0.25, 0.3) is 5.91 Å². The maximum atomic E-state index is 12.5. The van der Waals surface area contributed by atoms with E-state index in [1.807, 2.05) is 43.0 Å². The third kappa shape index (κ3) is 2.76. The lowest BCUT2D eigenvalue weighted by atomic mass is 10.1. The molecule has 1 aromatic heterocycles. The van der Waals surface area contributed by atoms with Crippen LogP contribution in [0.15, 0.2) is 24.3 Å². The van der Waals surface area contributed by atoms with E-state index in [2.05, 4.69) is 15.3 Å². The van der Waals surface area contributed by atoms with Crippen molar-refractivity contribution >= 4 is 5.91 Å². The van der Waals surface area contributed by atoms with Gasteiger partial charge < -0.3 is 15.2 Å². The summed E-state index contributed by atoms with van der Waals surface area (Å²) in [7, 11) is 0. The van der Waals surface area contributed by atoms with Crippen LogP contribution in [0.3, 0.4) is 0 Å². The molecule has 5 heteroatoms. The summed E-state index contributed by atoms with van der Waals surface area (Å²) in [4.78, 5) is 22.4. The van der Waals surface area contributed by atoms with E-state index in [1.54, 1.807) is 0 Å². The van der Waals surface area contributed by atoms with Crippen LogP contribution in [0.2, 0.25) is 0 Å². The normalized spacial score (nSPS) is 13.7. The maximum Gasteiger partial charge on any atom is 0.253 e. The monoisotopic (exact) mass is 298 g/mol. The largest absolute Gasteiger partial charge is 0.341 e. The number of rotatable bonds is 4. The van der Waals surface area contributed by atoms with E-state index in [0.29, 0.717) is 5.56 Å². The van der Waals surface area contributed by atoms with Crippen molar-refractivity contribution in [1.29, 1.82) is 0 Å². The smallest absolute Gasteiger partial charge is 0.253 e. The Bertz CT molecular complexity index is 650. The Hall–Kier alpha value is -2.14. The highest BCUT2D eigenvalue weighted by Crippen LogP contribution is 2.21. The molecular formula is C17H22N4O. The molecule has 0 unspecified atom stereocenters. The highest BCUT2D eigenvalue weighted by Gasteiger charge is 2.17. The Balaban J connectivity index is 1.91. The average molecular weight is 298 g/mol. The number of imidazole rings is 1. The SMILES string of the molecule is CCN(CC)C(=O)c1cccc(-c2nc3c([nH]2)CNCC3)c1. The molecule has 0 spiro atoms. The van der Waals surface area contributed by atoms with Gasteiger partial charge in [-0.15, -0.1) is 0 Å². The number of benzene rings is 1. The summed E-state index contributed by atoms with van der Waals surface area (Å²) in [5, 5.41) is 3.33. The molecular weight excluding hydrogens is 276 g/mol. The van der Waals surface area contributed by atoms with Gasteiger partial charge in [0.2, 0.25) is 0 Å². The minimum atomic E-state index is 0.0739. The first kappa shape index (κ1) is 14.8. The predicted octanol–water partition coefficient (Wildman–Crippen LogP) is 2.20. The molecule has 0 bridgehead atoms. The van der Waals surface area contributed by atoms with Gasteiger partial charge in [-0.3, -0.25) is 4.79 Å². The Morgan fingerprint density at radius 1 is 1.32 bits per heavy atom.